The van der Waals surface area contributed by atoms with Gasteiger partial charge in [0.2, 0.25) is 5.91 Å². The maximum absolute atomic E-state index is 13.2. The molecule has 1 amide bonds. The molecule has 0 aliphatic rings. The summed E-state index contributed by atoms with van der Waals surface area (Å²) in [6, 6.07) is -0.714. The van der Waals surface area contributed by atoms with Crippen LogP contribution >= 0.6 is 0 Å². The molecule has 0 bridgehead atoms. The monoisotopic (exact) mass is 828 g/mol. The van der Waals surface area contributed by atoms with E-state index in [1.165, 1.54) is 122 Å². The third-order valence-electron chi connectivity index (χ3n) is 11.4. The molecule has 0 spiro atoms. The van der Waals surface area contributed by atoms with E-state index in [0.717, 1.165) is 83.5 Å². The van der Waals surface area contributed by atoms with Crippen molar-refractivity contribution in [2.45, 2.75) is 270 Å². The number of nitrogens with one attached hydrogen (secondary N) is 1. The second-order valence-corrected chi connectivity index (χ2v) is 17.2. The van der Waals surface area contributed by atoms with Crippen LogP contribution in [0.3, 0.4) is 0 Å². The van der Waals surface area contributed by atoms with E-state index < -0.39 is 18.2 Å². The van der Waals surface area contributed by atoms with Crippen molar-refractivity contribution >= 4 is 11.9 Å². The van der Waals surface area contributed by atoms with Gasteiger partial charge in [-0.2, -0.15) is 0 Å². The molecule has 3 atom stereocenters. The number of carbonyl (C=O) groups is 2. The molecule has 6 heteroatoms. The summed E-state index contributed by atoms with van der Waals surface area (Å²) in [7, 11) is 0. The topological polar surface area (TPSA) is 95.9 Å². The van der Waals surface area contributed by atoms with E-state index in [4.69, 9.17) is 4.74 Å². The van der Waals surface area contributed by atoms with Crippen LogP contribution in [0.4, 0.5) is 0 Å². The summed E-state index contributed by atoms with van der Waals surface area (Å²) in [6.07, 6.45) is 56.0. The third kappa shape index (κ3) is 42.3. The lowest BCUT2D eigenvalue weighted by Gasteiger charge is -2.24. The molecule has 0 aliphatic heterocycles. The van der Waals surface area contributed by atoms with Gasteiger partial charge >= 0.3 is 5.97 Å². The number of amides is 1. The van der Waals surface area contributed by atoms with E-state index in [2.05, 4.69) is 74.7 Å². The summed E-state index contributed by atoms with van der Waals surface area (Å²) in [5.74, 6) is -0.519. The van der Waals surface area contributed by atoms with Crippen molar-refractivity contribution in [1.82, 2.24) is 5.32 Å². The highest BCUT2D eigenvalue weighted by atomic mass is 16.5. The Balaban J connectivity index is 4.60. The number of hydrogen-bond acceptors (Lipinski definition) is 5. The largest absolute Gasteiger partial charge is 0.462 e. The fraction of sp³-hybridized carbons (Fsp3) is 0.811. The number of hydrogen-bond donors (Lipinski definition) is 3. The molecule has 0 rings (SSSR count). The van der Waals surface area contributed by atoms with Gasteiger partial charge in [0.25, 0.3) is 0 Å². The summed E-state index contributed by atoms with van der Waals surface area (Å²) in [5, 5.41) is 23.7. The van der Waals surface area contributed by atoms with Gasteiger partial charge in [-0.25, -0.2) is 0 Å². The van der Waals surface area contributed by atoms with Gasteiger partial charge in [-0.15, -0.1) is 0 Å². The Bertz CT molecular complexity index is 1020. The predicted molar refractivity (Wildman–Crippen MR) is 255 cm³/mol. The van der Waals surface area contributed by atoms with Gasteiger partial charge in [-0.3, -0.25) is 9.59 Å². The van der Waals surface area contributed by atoms with Crippen LogP contribution < -0.4 is 5.32 Å². The number of ether oxygens (including phenoxy) is 1. The number of allylic oxidation sites excluding steroid dienone is 8. The van der Waals surface area contributed by atoms with E-state index in [0.29, 0.717) is 19.3 Å². The summed E-state index contributed by atoms with van der Waals surface area (Å²) in [4.78, 5) is 26.1. The molecule has 6 nitrogen and oxygen atoms in total. The van der Waals surface area contributed by atoms with Crippen molar-refractivity contribution < 1.29 is 24.5 Å². The molecule has 0 aromatic carbocycles. The standard InChI is InChI=1S/C53H97NO5/c1-4-7-10-13-16-19-22-25-26-27-28-31-34-37-40-43-46-53(58)59-49(44-41-38-35-32-29-23-20-17-14-11-8-5-2)47-52(57)54-50(48-55)51(56)45-42-39-36-33-30-24-21-18-15-12-9-6-3/h8,11,17,20,26-27,29,32,49-51,55-56H,4-7,9-10,12-16,18-19,21-25,28,30-31,33-48H2,1-3H3,(H,54,57)/b11-8+,20-17+,27-26+,32-29+. The van der Waals surface area contributed by atoms with Crippen LogP contribution in [0, 0.1) is 0 Å². The fourth-order valence-corrected chi connectivity index (χ4v) is 7.56. The van der Waals surface area contributed by atoms with Gasteiger partial charge in [0, 0.05) is 6.42 Å². The SMILES string of the molecule is CC/C=C/C/C=C/C/C=C/CCCCC(CC(=O)NC(CO)C(O)CCCCCCCCCCCCCC)OC(=O)CCCCCCC/C=C/CCCCCCCCC. The Hall–Kier alpha value is -2.18. The smallest absolute Gasteiger partial charge is 0.306 e. The Morgan fingerprint density at radius 2 is 0.915 bits per heavy atom. The Morgan fingerprint density at radius 1 is 0.508 bits per heavy atom. The first-order chi connectivity index (χ1) is 29.0. The van der Waals surface area contributed by atoms with E-state index >= 15 is 0 Å². The highest BCUT2D eigenvalue weighted by Gasteiger charge is 2.24. The van der Waals surface area contributed by atoms with E-state index in [-0.39, 0.29) is 24.9 Å². The number of rotatable bonds is 45. The molecule has 344 valence electrons. The lowest BCUT2D eigenvalue weighted by molar-refractivity contribution is -0.151. The maximum Gasteiger partial charge on any atom is 0.306 e. The normalized spacial score (nSPS) is 13.6. The molecule has 0 aliphatic carbocycles. The quantitative estimate of drug-likeness (QED) is 0.0323. The molecule has 0 radical (unpaired) electrons. The molecular formula is C53H97NO5. The number of esters is 1. The Labute approximate surface area is 366 Å². The number of unbranched alkanes of at least 4 members (excludes halogenated alkanes) is 25. The van der Waals surface area contributed by atoms with Crippen LogP contribution in [-0.2, 0) is 14.3 Å². The average Bonchev–Trinajstić information content (AvgIpc) is 3.23. The number of aliphatic hydroxyl groups excluding tert-OH is 2. The van der Waals surface area contributed by atoms with Crippen LogP contribution in [0.25, 0.3) is 0 Å². The second kappa shape index (κ2) is 46.9. The molecular weight excluding hydrogens is 731 g/mol. The zero-order chi connectivity index (χ0) is 43.1. The second-order valence-electron chi connectivity index (χ2n) is 17.2. The highest BCUT2D eigenvalue weighted by molar-refractivity contribution is 5.77. The summed E-state index contributed by atoms with van der Waals surface area (Å²) >= 11 is 0. The van der Waals surface area contributed by atoms with Crippen LogP contribution in [0.2, 0.25) is 0 Å². The lowest BCUT2D eigenvalue weighted by Crippen LogP contribution is -2.46. The molecule has 0 saturated heterocycles. The van der Waals surface area contributed by atoms with E-state index in [1.807, 2.05) is 0 Å². The van der Waals surface area contributed by atoms with Gasteiger partial charge in [-0.1, -0.05) is 204 Å². The molecule has 3 unspecified atom stereocenters. The van der Waals surface area contributed by atoms with Crippen molar-refractivity contribution in [1.29, 1.82) is 0 Å². The lowest BCUT2D eigenvalue weighted by atomic mass is 10.0. The number of carbonyl (C=O) groups excluding carboxylic acids is 2. The minimum Gasteiger partial charge on any atom is -0.462 e. The minimum absolute atomic E-state index is 0.0488. The average molecular weight is 828 g/mol. The van der Waals surface area contributed by atoms with E-state index in [9.17, 15) is 19.8 Å². The number of aliphatic hydroxyl groups is 2. The van der Waals surface area contributed by atoms with Crippen LogP contribution in [0.15, 0.2) is 48.6 Å². The van der Waals surface area contributed by atoms with Crippen molar-refractivity contribution in [2.24, 2.45) is 0 Å². The van der Waals surface area contributed by atoms with Crippen molar-refractivity contribution in [3.05, 3.63) is 48.6 Å². The van der Waals surface area contributed by atoms with E-state index in [1.54, 1.807) is 0 Å². The van der Waals surface area contributed by atoms with Crippen molar-refractivity contribution in [3.63, 3.8) is 0 Å². The molecule has 0 aromatic heterocycles. The predicted octanol–water partition coefficient (Wildman–Crippen LogP) is 15.1. The van der Waals surface area contributed by atoms with Gasteiger partial charge in [0.1, 0.15) is 6.10 Å². The summed E-state index contributed by atoms with van der Waals surface area (Å²) in [6.45, 7) is 6.35. The van der Waals surface area contributed by atoms with Gasteiger partial charge < -0.3 is 20.3 Å². The molecule has 0 fully saturated rings. The van der Waals surface area contributed by atoms with Crippen molar-refractivity contribution in [3.8, 4) is 0 Å². The van der Waals surface area contributed by atoms with Gasteiger partial charge in [0.05, 0.1) is 25.2 Å². The maximum atomic E-state index is 13.2. The summed E-state index contributed by atoms with van der Waals surface area (Å²) in [5.41, 5.74) is 0. The zero-order valence-electron chi connectivity index (χ0n) is 39.1. The Morgan fingerprint density at radius 3 is 1.42 bits per heavy atom. The zero-order valence-corrected chi connectivity index (χ0v) is 39.1. The van der Waals surface area contributed by atoms with Crippen LogP contribution in [-0.4, -0.2) is 46.9 Å². The highest BCUT2D eigenvalue weighted by Crippen LogP contribution is 2.17. The molecule has 0 heterocycles. The first-order valence-corrected chi connectivity index (χ1v) is 25.4. The Kier molecular flexibility index (Phi) is 45.1. The molecule has 0 saturated carbocycles. The van der Waals surface area contributed by atoms with Crippen LogP contribution in [0.1, 0.15) is 252 Å². The summed E-state index contributed by atoms with van der Waals surface area (Å²) < 4.78 is 5.90. The fourth-order valence-electron chi connectivity index (χ4n) is 7.56. The van der Waals surface area contributed by atoms with Gasteiger partial charge in [-0.05, 0) is 83.5 Å². The molecule has 59 heavy (non-hydrogen) atoms. The molecule has 3 N–H and O–H groups in total. The minimum atomic E-state index is -0.798. The van der Waals surface area contributed by atoms with Crippen LogP contribution in [0.5, 0.6) is 0 Å². The van der Waals surface area contributed by atoms with Crippen molar-refractivity contribution in [2.75, 3.05) is 6.61 Å². The van der Waals surface area contributed by atoms with Gasteiger partial charge in [0.15, 0.2) is 0 Å². The first-order valence-electron chi connectivity index (χ1n) is 25.4. The molecule has 0 aromatic rings. The first kappa shape index (κ1) is 56.8. The third-order valence-corrected chi connectivity index (χ3v) is 11.4.